The SMILES string of the molecule is CC(NC(=O)[C@H]1CCN[C@@H](C)C1)c1ccc2c(c1)CC(=O)N2. The van der Waals surface area contributed by atoms with E-state index in [1.165, 1.54) is 0 Å². The van der Waals surface area contributed by atoms with Crippen molar-refractivity contribution in [2.75, 3.05) is 11.9 Å². The molecule has 3 rings (SSSR count). The standard InChI is InChI=1S/C17H23N3O2/c1-10-7-13(5-6-18-10)17(22)19-11(2)12-3-4-15-14(8-12)9-16(21)20-15/h3-4,8,10-11,13,18H,5-7,9H2,1-2H3,(H,19,22)(H,20,21)/t10-,11?,13-/m0/s1. The molecular formula is C17H23N3O2. The molecule has 1 fully saturated rings. The minimum absolute atomic E-state index is 0.0348. The highest BCUT2D eigenvalue weighted by atomic mass is 16.2. The fourth-order valence-electron chi connectivity index (χ4n) is 3.30. The van der Waals surface area contributed by atoms with Crippen molar-refractivity contribution < 1.29 is 9.59 Å². The van der Waals surface area contributed by atoms with E-state index in [9.17, 15) is 9.59 Å². The van der Waals surface area contributed by atoms with Crippen molar-refractivity contribution in [1.29, 1.82) is 0 Å². The highest BCUT2D eigenvalue weighted by molar-refractivity contribution is 5.99. The summed E-state index contributed by atoms with van der Waals surface area (Å²) >= 11 is 0. The van der Waals surface area contributed by atoms with Crippen LogP contribution in [-0.4, -0.2) is 24.4 Å². The molecule has 2 aliphatic heterocycles. The number of amides is 2. The summed E-state index contributed by atoms with van der Waals surface area (Å²) in [7, 11) is 0. The molecule has 3 atom stereocenters. The number of benzene rings is 1. The summed E-state index contributed by atoms with van der Waals surface area (Å²) in [4.78, 5) is 23.8. The van der Waals surface area contributed by atoms with Gasteiger partial charge in [0.05, 0.1) is 12.5 Å². The second-order valence-electron chi connectivity index (χ2n) is 6.45. The molecule has 0 aromatic heterocycles. The summed E-state index contributed by atoms with van der Waals surface area (Å²) in [5, 5.41) is 9.31. The third-order valence-corrected chi connectivity index (χ3v) is 4.61. The van der Waals surface area contributed by atoms with Crippen molar-refractivity contribution in [3.05, 3.63) is 29.3 Å². The maximum atomic E-state index is 12.4. The number of piperidine rings is 1. The lowest BCUT2D eigenvalue weighted by Crippen LogP contribution is -2.42. The van der Waals surface area contributed by atoms with E-state index in [2.05, 4.69) is 22.9 Å². The number of carbonyl (C=O) groups is 2. The zero-order chi connectivity index (χ0) is 15.7. The molecule has 2 heterocycles. The third-order valence-electron chi connectivity index (χ3n) is 4.61. The Bertz CT molecular complexity index is 600. The highest BCUT2D eigenvalue weighted by Crippen LogP contribution is 2.27. The molecule has 118 valence electrons. The molecule has 1 saturated heterocycles. The smallest absolute Gasteiger partial charge is 0.228 e. The third kappa shape index (κ3) is 3.14. The first-order chi connectivity index (χ1) is 10.5. The molecule has 2 amide bonds. The fraction of sp³-hybridized carbons (Fsp3) is 0.529. The Hall–Kier alpha value is -1.88. The van der Waals surface area contributed by atoms with Crippen LogP contribution in [0.4, 0.5) is 5.69 Å². The number of hydrogen-bond donors (Lipinski definition) is 3. The van der Waals surface area contributed by atoms with E-state index in [0.717, 1.165) is 36.2 Å². The summed E-state index contributed by atoms with van der Waals surface area (Å²) in [6.45, 7) is 5.02. The minimum Gasteiger partial charge on any atom is -0.349 e. The van der Waals surface area contributed by atoms with Crippen LogP contribution in [0.3, 0.4) is 0 Å². The van der Waals surface area contributed by atoms with Gasteiger partial charge in [-0.25, -0.2) is 0 Å². The lowest BCUT2D eigenvalue weighted by atomic mass is 9.92. The van der Waals surface area contributed by atoms with E-state index in [-0.39, 0.29) is 23.8 Å². The Balaban J connectivity index is 1.64. The molecule has 0 radical (unpaired) electrons. The molecule has 5 heteroatoms. The van der Waals surface area contributed by atoms with Crippen LogP contribution in [-0.2, 0) is 16.0 Å². The molecule has 5 nitrogen and oxygen atoms in total. The summed E-state index contributed by atoms with van der Waals surface area (Å²) in [6, 6.07) is 6.27. The topological polar surface area (TPSA) is 70.2 Å². The van der Waals surface area contributed by atoms with Crippen LogP contribution in [0.1, 0.15) is 43.9 Å². The van der Waals surface area contributed by atoms with Gasteiger partial charge in [0.2, 0.25) is 11.8 Å². The van der Waals surface area contributed by atoms with E-state index in [0.29, 0.717) is 12.5 Å². The second-order valence-corrected chi connectivity index (χ2v) is 6.45. The molecule has 0 saturated carbocycles. The zero-order valence-corrected chi connectivity index (χ0v) is 13.1. The van der Waals surface area contributed by atoms with E-state index in [4.69, 9.17) is 0 Å². The van der Waals surface area contributed by atoms with Crippen molar-refractivity contribution in [3.8, 4) is 0 Å². The summed E-state index contributed by atoms with van der Waals surface area (Å²) in [5.41, 5.74) is 2.95. The van der Waals surface area contributed by atoms with Gasteiger partial charge in [-0.05, 0) is 50.4 Å². The molecule has 22 heavy (non-hydrogen) atoms. The van der Waals surface area contributed by atoms with Crippen molar-refractivity contribution in [2.45, 2.75) is 45.2 Å². The van der Waals surface area contributed by atoms with Crippen LogP contribution in [0.15, 0.2) is 18.2 Å². The first kappa shape index (κ1) is 15.0. The number of fused-ring (bicyclic) bond motifs is 1. The maximum Gasteiger partial charge on any atom is 0.228 e. The van der Waals surface area contributed by atoms with Crippen molar-refractivity contribution >= 4 is 17.5 Å². The Morgan fingerprint density at radius 2 is 2.23 bits per heavy atom. The molecule has 0 bridgehead atoms. The molecule has 2 aliphatic rings. The van der Waals surface area contributed by atoms with Gasteiger partial charge < -0.3 is 16.0 Å². The quantitative estimate of drug-likeness (QED) is 0.796. The van der Waals surface area contributed by atoms with E-state index < -0.39 is 0 Å². The van der Waals surface area contributed by atoms with Crippen LogP contribution < -0.4 is 16.0 Å². The lowest BCUT2D eigenvalue weighted by Gasteiger charge is -2.28. The van der Waals surface area contributed by atoms with Gasteiger partial charge in [-0.3, -0.25) is 9.59 Å². The normalized spacial score (nSPS) is 25.3. The summed E-state index contributed by atoms with van der Waals surface area (Å²) in [6.07, 6.45) is 2.21. The van der Waals surface area contributed by atoms with Crippen LogP contribution in [0, 0.1) is 5.92 Å². The van der Waals surface area contributed by atoms with E-state index in [1.54, 1.807) is 0 Å². The molecule has 3 N–H and O–H groups in total. The molecule has 0 spiro atoms. The summed E-state index contributed by atoms with van der Waals surface area (Å²) in [5.74, 6) is 0.263. The van der Waals surface area contributed by atoms with Crippen LogP contribution >= 0.6 is 0 Å². The first-order valence-electron chi connectivity index (χ1n) is 7.99. The predicted octanol–water partition coefficient (Wildman–Crippen LogP) is 1.75. The van der Waals surface area contributed by atoms with Gasteiger partial charge in [0, 0.05) is 17.6 Å². The largest absolute Gasteiger partial charge is 0.349 e. The Morgan fingerprint density at radius 3 is 3.00 bits per heavy atom. The molecule has 1 aromatic carbocycles. The van der Waals surface area contributed by atoms with Gasteiger partial charge in [-0.2, -0.15) is 0 Å². The molecule has 1 unspecified atom stereocenters. The number of anilines is 1. The lowest BCUT2D eigenvalue weighted by molar-refractivity contribution is -0.126. The van der Waals surface area contributed by atoms with Gasteiger partial charge in [0.1, 0.15) is 0 Å². The van der Waals surface area contributed by atoms with Crippen LogP contribution in [0.2, 0.25) is 0 Å². The molecule has 0 aliphatic carbocycles. The van der Waals surface area contributed by atoms with Crippen LogP contribution in [0.5, 0.6) is 0 Å². The molecular weight excluding hydrogens is 278 g/mol. The number of carbonyl (C=O) groups excluding carboxylic acids is 2. The monoisotopic (exact) mass is 301 g/mol. The number of hydrogen-bond acceptors (Lipinski definition) is 3. The van der Waals surface area contributed by atoms with E-state index in [1.807, 2.05) is 25.1 Å². The number of rotatable bonds is 3. The zero-order valence-electron chi connectivity index (χ0n) is 13.1. The van der Waals surface area contributed by atoms with Crippen molar-refractivity contribution in [1.82, 2.24) is 10.6 Å². The minimum atomic E-state index is -0.0429. The fourth-order valence-corrected chi connectivity index (χ4v) is 3.30. The van der Waals surface area contributed by atoms with Gasteiger partial charge in [0.15, 0.2) is 0 Å². The van der Waals surface area contributed by atoms with Crippen molar-refractivity contribution in [2.24, 2.45) is 5.92 Å². The maximum absolute atomic E-state index is 12.4. The predicted molar refractivity (Wildman–Crippen MR) is 85.5 cm³/mol. The average Bonchev–Trinajstić information content (AvgIpc) is 2.86. The Labute approximate surface area is 130 Å². The molecule has 1 aromatic rings. The average molecular weight is 301 g/mol. The van der Waals surface area contributed by atoms with E-state index >= 15 is 0 Å². The number of nitrogens with one attached hydrogen (secondary N) is 3. The van der Waals surface area contributed by atoms with Gasteiger partial charge in [-0.15, -0.1) is 0 Å². The van der Waals surface area contributed by atoms with Gasteiger partial charge in [-0.1, -0.05) is 12.1 Å². The van der Waals surface area contributed by atoms with Crippen LogP contribution in [0.25, 0.3) is 0 Å². The van der Waals surface area contributed by atoms with Crippen molar-refractivity contribution in [3.63, 3.8) is 0 Å². The van der Waals surface area contributed by atoms with Gasteiger partial charge >= 0.3 is 0 Å². The second kappa shape index (κ2) is 6.08. The first-order valence-corrected chi connectivity index (χ1v) is 7.99. The summed E-state index contributed by atoms with van der Waals surface area (Å²) < 4.78 is 0. The Morgan fingerprint density at radius 1 is 1.41 bits per heavy atom. The Kier molecular flexibility index (Phi) is 4.16. The van der Waals surface area contributed by atoms with Gasteiger partial charge in [0.25, 0.3) is 0 Å². The highest BCUT2D eigenvalue weighted by Gasteiger charge is 2.26.